The second-order valence-corrected chi connectivity index (χ2v) is 4.93. The number of fused-ring (bicyclic) bond motifs is 5. The number of hydrogen-bond acceptors (Lipinski definition) is 3. The van der Waals surface area contributed by atoms with E-state index in [2.05, 4.69) is 4.98 Å². The van der Waals surface area contributed by atoms with Crippen LogP contribution in [-0.2, 0) is 6.61 Å². The molecule has 4 nitrogen and oxygen atoms in total. The molecule has 21 heavy (non-hydrogen) atoms. The molecule has 0 aliphatic carbocycles. The SMILES string of the molecule is O=C(O)c1cccc2c1-c1ccc3ncccc3c1CO2. The molecular weight excluding hydrogens is 266 g/mol. The van der Waals surface area contributed by atoms with Crippen LogP contribution in [0, 0.1) is 0 Å². The number of carbonyl (C=O) groups is 1. The lowest BCUT2D eigenvalue weighted by atomic mass is 9.90. The summed E-state index contributed by atoms with van der Waals surface area (Å²) in [6.07, 6.45) is 1.75. The first-order valence-electron chi connectivity index (χ1n) is 6.62. The predicted octanol–water partition coefficient (Wildman–Crippen LogP) is 3.49. The number of aromatic nitrogens is 1. The number of hydrogen-bond donors (Lipinski definition) is 1. The van der Waals surface area contributed by atoms with Crippen molar-refractivity contribution in [2.75, 3.05) is 0 Å². The number of benzene rings is 2. The molecule has 0 radical (unpaired) electrons. The van der Waals surface area contributed by atoms with E-state index in [-0.39, 0.29) is 5.56 Å². The molecule has 0 fully saturated rings. The molecule has 4 heteroatoms. The number of pyridine rings is 1. The molecule has 1 aromatic heterocycles. The molecule has 3 aromatic rings. The van der Waals surface area contributed by atoms with Crippen LogP contribution < -0.4 is 4.74 Å². The molecular formula is C17H11NO3. The first kappa shape index (κ1) is 11.9. The van der Waals surface area contributed by atoms with E-state index in [4.69, 9.17) is 4.74 Å². The van der Waals surface area contributed by atoms with Crippen molar-refractivity contribution >= 4 is 16.9 Å². The Morgan fingerprint density at radius 2 is 2.05 bits per heavy atom. The van der Waals surface area contributed by atoms with Gasteiger partial charge in [0.15, 0.2) is 0 Å². The summed E-state index contributed by atoms with van der Waals surface area (Å²) in [7, 11) is 0. The monoisotopic (exact) mass is 277 g/mol. The highest BCUT2D eigenvalue weighted by Crippen LogP contribution is 2.42. The number of aromatic carboxylic acids is 1. The van der Waals surface area contributed by atoms with Crippen molar-refractivity contribution in [3.8, 4) is 16.9 Å². The van der Waals surface area contributed by atoms with Gasteiger partial charge in [0.25, 0.3) is 0 Å². The molecule has 4 rings (SSSR count). The molecule has 0 saturated carbocycles. The van der Waals surface area contributed by atoms with Gasteiger partial charge in [0.1, 0.15) is 12.4 Å². The van der Waals surface area contributed by atoms with Crippen LogP contribution in [0.1, 0.15) is 15.9 Å². The van der Waals surface area contributed by atoms with Crippen molar-refractivity contribution in [3.63, 3.8) is 0 Å². The summed E-state index contributed by atoms with van der Waals surface area (Å²) >= 11 is 0. The van der Waals surface area contributed by atoms with Crippen LogP contribution >= 0.6 is 0 Å². The first-order chi connectivity index (χ1) is 10.3. The van der Waals surface area contributed by atoms with Crippen LogP contribution in [0.5, 0.6) is 5.75 Å². The maximum Gasteiger partial charge on any atom is 0.336 e. The highest BCUT2D eigenvalue weighted by molar-refractivity contribution is 6.01. The molecule has 0 spiro atoms. The summed E-state index contributed by atoms with van der Waals surface area (Å²) in [5.41, 5.74) is 3.70. The third-order valence-corrected chi connectivity index (χ3v) is 3.79. The lowest BCUT2D eigenvalue weighted by Gasteiger charge is -2.23. The van der Waals surface area contributed by atoms with E-state index in [0.29, 0.717) is 17.9 Å². The highest BCUT2D eigenvalue weighted by Gasteiger charge is 2.24. The van der Waals surface area contributed by atoms with Gasteiger partial charge in [0.2, 0.25) is 0 Å². The lowest BCUT2D eigenvalue weighted by Crippen LogP contribution is -2.10. The molecule has 1 aliphatic rings. The zero-order chi connectivity index (χ0) is 14.4. The Bertz CT molecular complexity index is 886. The quantitative estimate of drug-likeness (QED) is 0.739. The highest BCUT2D eigenvalue weighted by atomic mass is 16.5. The van der Waals surface area contributed by atoms with E-state index in [9.17, 15) is 9.90 Å². The molecule has 1 aliphatic heterocycles. The van der Waals surface area contributed by atoms with E-state index < -0.39 is 5.97 Å². The minimum absolute atomic E-state index is 0.261. The molecule has 0 unspecified atom stereocenters. The Morgan fingerprint density at radius 1 is 1.14 bits per heavy atom. The third-order valence-electron chi connectivity index (χ3n) is 3.79. The molecule has 2 heterocycles. The smallest absolute Gasteiger partial charge is 0.336 e. The molecule has 102 valence electrons. The maximum atomic E-state index is 11.5. The topological polar surface area (TPSA) is 59.4 Å². The number of carboxylic acid groups (broad SMARTS) is 1. The van der Waals surface area contributed by atoms with Gasteiger partial charge in [-0.15, -0.1) is 0 Å². The van der Waals surface area contributed by atoms with Gasteiger partial charge in [0, 0.05) is 22.7 Å². The van der Waals surface area contributed by atoms with Gasteiger partial charge in [-0.25, -0.2) is 4.79 Å². The summed E-state index contributed by atoms with van der Waals surface area (Å²) in [6, 6.07) is 12.8. The van der Waals surface area contributed by atoms with Crippen LogP contribution in [0.15, 0.2) is 48.7 Å². The normalized spacial score (nSPS) is 12.4. The second kappa shape index (κ2) is 4.31. The predicted molar refractivity (Wildman–Crippen MR) is 78.5 cm³/mol. The molecule has 1 N–H and O–H groups in total. The van der Waals surface area contributed by atoms with E-state index in [0.717, 1.165) is 22.0 Å². The zero-order valence-corrected chi connectivity index (χ0v) is 11.0. The molecule has 0 bridgehead atoms. The average Bonchev–Trinajstić information content (AvgIpc) is 2.53. The molecule has 2 aromatic carbocycles. The Labute approximate surface area is 120 Å². The van der Waals surface area contributed by atoms with Crippen molar-refractivity contribution in [1.82, 2.24) is 4.98 Å². The minimum Gasteiger partial charge on any atom is -0.488 e. The van der Waals surface area contributed by atoms with Gasteiger partial charge in [-0.2, -0.15) is 0 Å². The summed E-state index contributed by atoms with van der Waals surface area (Å²) < 4.78 is 5.76. The van der Waals surface area contributed by atoms with E-state index in [1.807, 2.05) is 24.3 Å². The number of carboxylic acids is 1. The van der Waals surface area contributed by atoms with Crippen LogP contribution in [0.2, 0.25) is 0 Å². The number of nitrogens with zero attached hydrogens (tertiary/aromatic N) is 1. The van der Waals surface area contributed by atoms with Gasteiger partial charge in [0.05, 0.1) is 11.1 Å². The fourth-order valence-electron chi connectivity index (χ4n) is 2.86. The average molecular weight is 277 g/mol. The van der Waals surface area contributed by atoms with Gasteiger partial charge in [-0.05, 0) is 29.8 Å². The van der Waals surface area contributed by atoms with Gasteiger partial charge < -0.3 is 9.84 Å². The van der Waals surface area contributed by atoms with Gasteiger partial charge >= 0.3 is 5.97 Å². The van der Waals surface area contributed by atoms with Crippen LogP contribution in [0.3, 0.4) is 0 Å². The molecule has 0 saturated heterocycles. The van der Waals surface area contributed by atoms with E-state index in [1.165, 1.54) is 0 Å². The van der Waals surface area contributed by atoms with Crippen LogP contribution in [0.4, 0.5) is 0 Å². The zero-order valence-electron chi connectivity index (χ0n) is 11.0. The molecule has 0 amide bonds. The van der Waals surface area contributed by atoms with Gasteiger partial charge in [-0.3, -0.25) is 4.98 Å². The number of rotatable bonds is 1. The van der Waals surface area contributed by atoms with Crippen molar-refractivity contribution in [2.45, 2.75) is 6.61 Å². The van der Waals surface area contributed by atoms with E-state index in [1.54, 1.807) is 24.4 Å². The van der Waals surface area contributed by atoms with Gasteiger partial charge in [-0.1, -0.05) is 18.2 Å². The van der Waals surface area contributed by atoms with Crippen molar-refractivity contribution in [1.29, 1.82) is 0 Å². The minimum atomic E-state index is -0.949. The Kier molecular flexibility index (Phi) is 2.44. The standard InChI is InChI=1S/C17H11NO3/c19-17(20)12-3-1-5-15-16(12)11-6-7-14-10(4-2-8-18-14)13(11)9-21-15/h1-8H,9H2,(H,19,20). The Morgan fingerprint density at radius 3 is 2.90 bits per heavy atom. The maximum absolute atomic E-state index is 11.5. The summed E-state index contributed by atoms with van der Waals surface area (Å²) in [5, 5.41) is 10.4. The summed E-state index contributed by atoms with van der Waals surface area (Å²) in [4.78, 5) is 15.8. The number of ether oxygens (including phenoxy) is 1. The fourth-order valence-corrected chi connectivity index (χ4v) is 2.86. The Hall–Kier alpha value is -2.88. The van der Waals surface area contributed by atoms with Crippen molar-refractivity contribution < 1.29 is 14.6 Å². The summed E-state index contributed by atoms with van der Waals surface area (Å²) in [6.45, 7) is 0.425. The second-order valence-electron chi connectivity index (χ2n) is 4.93. The van der Waals surface area contributed by atoms with Crippen LogP contribution in [-0.4, -0.2) is 16.1 Å². The van der Waals surface area contributed by atoms with Crippen molar-refractivity contribution in [2.24, 2.45) is 0 Å². The summed E-state index contributed by atoms with van der Waals surface area (Å²) in [5.74, 6) is -0.333. The molecule has 0 atom stereocenters. The fraction of sp³-hybridized carbons (Fsp3) is 0.0588. The largest absolute Gasteiger partial charge is 0.488 e. The van der Waals surface area contributed by atoms with Crippen LogP contribution in [0.25, 0.3) is 22.0 Å². The van der Waals surface area contributed by atoms with Crippen molar-refractivity contribution in [3.05, 3.63) is 59.8 Å². The lowest BCUT2D eigenvalue weighted by molar-refractivity contribution is 0.0697. The van der Waals surface area contributed by atoms with E-state index >= 15 is 0 Å². The first-order valence-corrected chi connectivity index (χ1v) is 6.62. The third kappa shape index (κ3) is 1.69. The Balaban J connectivity index is 2.09.